The maximum absolute atomic E-state index is 4.71. The first-order chi connectivity index (χ1) is 11.3. The highest BCUT2D eigenvalue weighted by Gasteiger charge is 2.22. The third kappa shape index (κ3) is 2.79. The molecule has 0 bridgehead atoms. The molecular weight excluding hydrogens is 290 g/mol. The lowest BCUT2D eigenvalue weighted by Gasteiger charge is -2.25. The molecule has 0 aromatic carbocycles. The molecule has 120 valence electrons. The van der Waals surface area contributed by atoms with Crippen molar-refractivity contribution in [3.63, 3.8) is 0 Å². The zero-order chi connectivity index (χ0) is 15.6. The molecule has 0 spiro atoms. The van der Waals surface area contributed by atoms with Gasteiger partial charge in [-0.3, -0.25) is 10.00 Å². The quantitative estimate of drug-likeness (QED) is 0.755. The summed E-state index contributed by atoms with van der Waals surface area (Å²) >= 11 is 0. The van der Waals surface area contributed by atoms with Crippen LogP contribution in [0.15, 0.2) is 24.8 Å². The number of hydrogen-bond donors (Lipinski definition) is 2. The van der Waals surface area contributed by atoms with E-state index in [1.165, 1.54) is 11.4 Å². The number of imidazole rings is 2. The van der Waals surface area contributed by atoms with Gasteiger partial charge in [0.1, 0.15) is 11.6 Å². The van der Waals surface area contributed by atoms with Crippen LogP contribution in [0.2, 0.25) is 0 Å². The van der Waals surface area contributed by atoms with Crippen LogP contribution in [-0.2, 0) is 26.1 Å². The largest absolute Gasteiger partial charge is 0.340 e. The van der Waals surface area contributed by atoms with E-state index in [1.54, 1.807) is 6.20 Å². The molecule has 1 aliphatic rings. The molecule has 2 N–H and O–H groups in total. The number of nitrogens with one attached hydrogen (secondary N) is 2. The molecule has 0 saturated carbocycles. The molecule has 23 heavy (non-hydrogen) atoms. The number of aromatic amines is 2. The summed E-state index contributed by atoms with van der Waals surface area (Å²) in [4.78, 5) is 15.1. The summed E-state index contributed by atoms with van der Waals surface area (Å²) in [6, 6.07) is 0. The molecule has 0 radical (unpaired) electrons. The number of nitrogens with zero attached hydrogens (tertiary/aromatic N) is 5. The molecule has 0 aliphatic carbocycles. The van der Waals surface area contributed by atoms with Crippen molar-refractivity contribution in [3.05, 3.63) is 42.0 Å². The molecular formula is C16H21N7. The van der Waals surface area contributed by atoms with Gasteiger partial charge < -0.3 is 9.55 Å². The smallest absolute Gasteiger partial charge is 0.141 e. The Kier molecular flexibility index (Phi) is 3.70. The average Bonchev–Trinajstić information content (AvgIpc) is 3.27. The van der Waals surface area contributed by atoms with E-state index in [2.05, 4.69) is 42.8 Å². The second-order valence-corrected chi connectivity index (χ2v) is 6.00. The van der Waals surface area contributed by atoms with E-state index >= 15 is 0 Å². The van der Waals surface area contributed by atoms with E-state index in [9.17, 15) is 0 Å². The lowest BCUT2D eigenvalue weighted by molar-refractivity contribution is 0.232. The monoisotopic (exact) mass is 311 g/mol. The maximum atomic E-state index is 4.71. The maximum Gasteiger partial charge on any atom is 0.141 e. The number of aromatic nitrogens is 6. The molecule has 1 aliphatic heterocycles. The van der Waals surface area contributed by atoms with Crippen LogP contribution in [0.4, 0.5) is 0 Å². The molecule has 4 heterocycles. The Balaban J connectivity index is 1.49. The van der Waals surface area contributed by atoms with Crippen molar-refractivity contribution >= 4 is 0 Å². The molecule has 4 rings (SSSR count). The summed E-state index contributed by atoms with van der Waals surface area (Å²) < 4.78 is 2.25. The number of fused-ring (bicyclic) bond motifs is 1. The SMILES string of the molecule is CCCn1ccnc1CN1CCc2nc(-c3cn[nH]c3)[nH]c2C1. The van der Waals surface area contributed by atoms with Gasteiger partial charge in [-0.2, -0.15) is 5.10 Å². The van der Waals surface area contributed by atoms with Crippen LogP contribution in [0.1, 0.15) is 30.6 Å². The Hall–Kier alpha value is -2.41. The van der Waals surface area contributed by atoms with Gasteiger partial charge in [0, 0.05) is 44.6 Å². The second-order valence-electron chi connectivity index (χ2n) is 6.00. The van der Waals surface area contributed by atoms with Crippen LogP contribution >= 0.6 is 0 Å². The summed E-state index contributed by atoms with van der Waals surface area (Å²) in [7, 11) is 0. The molecule has 0 fully saturated rings. The fourth-order valence-corrected chi connectivity index (χ4v) is 3.14. The predicted octanol–water partition coefficient (Wildman–Crippen LogP) is 1.96. The van der Waals surface area contributed by atoms with Gasteiger partial charge in [0.2, 0.25) is 0 Å². The highest BCUT2D eigenvalue weighted by molar-refractivity contribution is 5.53. The third-order valence-corrected chi connectivity index (χ3v) is 4.31. The summed E-state index contributed by atoms with van der Waals surface area (Å²) in [6.07, 6.45) is 9.72. The predicted molar refractivity (Wildman–Crippen MR) is 86.5 cm³/mol. The minimum atomic E-state index is 0.881. The summed E-state index contributed by atoms with van der Waals surface area (Å²) in [5.74, 6) is 2.04. The zero-order valence-corrected chi connectivity index (χ0v) is 13.3. The Labute approximate surface area is 134 Å². The van der Waals surface area contributed by atoms with Crippen LogP contribution in [-0.4, -0.2) is 41.2 Å². The first-order valence-electron chi connectivity index (χ1n) is 8.12. The fraction of sp³-hybridized carbons (Fsp3) is 0.438. The van der Waals surface area contributed by atoms with E-state index in [0.29, 0.717) is 0 Å². The molecule has 0 amide bonds. The number of rotatable bonds is 5. The van der Waals surface area contributed by atoms with Crippen molar-refractivity contribution in [1.29, 1.82) is 0 Å². The fourth-order valence-electron chi connectivity index (χ4n) is 3.14. The molecule has 0 atom stereocenters. The van der Waals surface area contributed by atoms with Crippen LogP contribution in [0.25, 0.3) is 11.4 Å². The van der Waals surface area contributed by atoms with Gasteiger partial charge in [0.25, 0.3) is 0 Å². The van der Waals surface area contributed by atoms with E-state index < -0.39 is 0 Å². The van der Waals surface area contributed by atoms with Gasteiger partial charge in [0.15, 0.2) is 0 Å². The molecule has 3 aromatic heterocycles. The lowest BCUT2D eigenvalue weighted by atomic mass is 10.1. The van der Waals surface area contributed by atoms with Crippen molar-refractivity contribution < 1.29 is 0 Å². The number of aryl methyl sites for hydroxylation is 1. The summed E-state index contributed by atoms with van der Waals surface area (Å²) in [5, 5.41) is 6.82. The van der Waals surface area contributed by atoms with Crippen molar-refractivity contribution in [2.75, 3.05) is 6.54 Å². The average molecular weight is 311 g/mol. The Bertz CT molecular complexity index is 768. The molecule has 0 saturated heterocycles. The van der Waals surface area contributed by atoms with E-state index in [-0.39, 0.29) is 0 Å². The van der Waals surface area contributed by atoms with E-state index in [4.69, 9.17) is 4.98 Å². The van der Waals surface area contributed by atoms with E-state index in [0.717, 1.165) is 56.2 Å². The highest BCUT2D eigenvalue weighted by atomic mass is 15.2. The van der Waals surface area contributed by atoms with Crippen LogP contribution in [0.3, 0.4) is 0 Å². The van der Waals surface area contributed by atoms with Gasteiger partial charge in [-0.25, -0.2) is 9.97 Å². The van der Waals surface area contributed by atoms with E-state index in [1.807, 2.05) is 12.4 Å². The van der Waals surface area contributed by atoms with Crippen molar-refractivity contribution in [3.8, 4) is 11.4 Å². The second kappa shape index (κ2) is 6.00. The Morgan fingerprint density at radius 1 is 1.35 bits per heavy atom. The van der Waals surface area contributed by atoms with Crippen molar-refractivity contribution in [2.45, 2.75) is 39.4 Å². The van der Waals surface area contributed by atoms with Crippen LogP contribution in [0.5, 0.6) is 0 Å². The molecule has 3 aromatic rings. The van der Waals surface area contributed by atoms with Gasteiger partial charge in [-0.05, 0) is 6.42 Å². The van der Waals surface area contributed by atoms with Crippen molar-refractivity contribution in [2.24, 2.45) is 0 Å². The topological polar surface area (TPSA) is 78.4 Å². The van der Waals surface area contributed by atoms with Crippen LogP contribution in [0, 0.1) is 0 Å². The number of H-pyrrole nitrogens is 2. The van der Waals surface area contributed by atoms with Gasteiger partial charge >= 0.3 is 0 Å². The van der Waals surface area contributed by atoms with Gasteiger partial charge in [-0.1, -0.05) is 6.92 Å². The zero-order valence-electron chi connectivity index (χ0n) is 13.3. The number of hydrogen-bond acceptors (Lipinski definition) is 4. The highest BCUT2D eigenvalue weighted by Crippen LogP contribution is 2.22. The Morgan fingerprint density at radius 3 is 3.13 bits per heavy atom. The standard InChI is InChI=1S/C16H21N7/c1-2-5-23-7-4-17-15(23)11-22-6-3-13-14(10-22)21-16(20-13)12-8-18-19-9-12/h4,7-9H,2-3,5-6,10-11H2,1H3,(H,18,19)(H,20,21). The molecule has 0 unspecified atom stereocenters. The minimum absolute atomic E-state index is 0.881. The van der Waals surface area contributed by atoms with Crippen LogP contribution < -0.4 is 0 Å². The normalized spacial score (nSPS) is 15.0. The third-order valence-electron chi connectivity index (χ3n) is 4.31. The van der Waals surface area contributed by atoms with Gasteiger partial charge in [0.05, 0.1) is 29.7 Å². The minimum Gasteiger partial charge on any atom is -0.340 e. The van der Waals surface area contributed by atoms with Gasteiger partial charge in [-0.15, -0.1) is 0 Å². The first-order valence-corrected chi connectivity index (χ1v) is 8.12. The Morgan fingerprint density at radius 2 is 2.30 bits per heavy atom. The van der Waals surface area contributed by atoms with Crippen molar-refractivity contribution in [1.82, 2.24) is 34.6 Å². The summed E-state index contributed by atoms with van der Waals surface area (Å²) in [5.41, 5.74) is 3.39. The summed E-state index contributed by atoms with van der Waals surface area (Å²) in [6.45, 7) is 6.01. The first kappa shape index (κ1) is 14.2. The molecule has 7 nitrogen and oxygen atoms in total. The molecule has 7 heteroatoms. The lowest BCUT2D eigenvalue weighted by Crippen LogP contribution is -2.31.